The molecule has 0 aromatic rings. The number of rotatable bonds is 2. The van der Waals surface area contributed by atoms with E-state index in [1.165, 1.54) is 57.8 Å². The van der Waals surface area contributed by atoms with Crippen LogP contribution in [0.2, 0.25) is 0 Å². The molecule has 0 unspecified atom stereocenters. The molecule has 0 nitrogen and oxygen atoms in total. The minimum absolute atomic E-state index is 0.462. The van der Waals surface area contributed by atoms with Crippen molar-refractivity contribution in [3.05, 3.63) is 12.2 Å². The third kappa shape index (κ3) is 3.83. The van der Waals surface area contributed by atoms with E-state index in [0.29, 0.717) is 5.38 Å². The Morgan fingerprint density at radius 2 is 1.20 bits per heavy atom. The van der Waals surface area contributed by atoms with Crippen LogP contribution in [0, 0.1) is 11.8 Å². The van der Waals surface area contributed by atoms with E-state index in [-0.39, 0.29) is 0 Å². The molecule has 0 bridgehead atoms. The average Bonchev–Trinajstić information content (AvgIpc) is 2.30. The Balaban J connectivity index is 1.73. The molecule has 86 valence electrons. The lowest BCUT2D eigenvalue weighted by molar-refractivity contribution is 0.403. The van der Waals surface area contributed by atoms with Gasteiger partial charge in [0.05, 0.1) is 0 Å². The van der Waals surface area contributed by atoms with Gasteiger partial charge in [-0.05, 0) is 50.4 Å². The molecule has 0 saturated heterocycles. The van der Waals surface area contributed by atoms with Crippen LogP contribution in [-0.2, 0) is 0 Å². The highest BCUT2D eigenvalue weighted by molar-refractivity contribution is 6.20. The van der Waals surface area contributed by atoms with Gasteiger partial charge in [-0.15, -0.1) is 11.6 Å². The second kappa shape index (κ2) is 5.94. The molecule has 2 aliphatic carbocycles. The third-order valence-corrected chi connectivity index (χ3v) is 4.44. The SMILES string of the molecule is ClC1CCC(/C=C/C2CCCCC2)CC1. The van der Waals surface area contributed by atoms with Crippen molar-refractivity contribution < 1.29 is 0 Å². The van der Waals surface area contributed by atoms with Crippen LogP contribution in [0.4, 0.5) is 0 Å². The standard InChI is InChI=1S/C14H23Cl/c15-14-10-8-13(9-11-14)7-6-12-4-2-1-3-5-12/h6-7,12-14H,1-5,8-11H2/b7-6+. The number of allylic oxidation sites excluding steroid dienone is 2. The van der Waals surface area contributed by atoms with Gasteiger partial charge in [-0.2, -0.15) is 0 Å². The summed E-state index contributed by atoms with van der Waals surface area (Å²) in [6.45, 7) is 0. The predicted molar refractivity (Wildman–Crippen MR) is 67.3 cm³/mol. The molecule has 0 atom stereocenters. The molecule has 1 heteroatoms. The second-order valence-corrected chi connectivity index (χ2v) is 5.91. The smallest absolute Gasteiger partial charge is 0.0336 e. The molecule has 0 aromatic carbocycles. The lowest BCUT2D eigenvalue weighted by Crippen LogP contribution is -2.13. The largest absolute Gasteiger partial charge is 0.123 e. The van der Waals surface area contributed by atoms with Crippen molar-refractivity contribution in [2.24, 2.45) is 11.8 Å². The minimum Gasteiger partial charge on any atom is -0.123 e. The summed E-state index contributed by atoms with van der Waals surface area (Å²) >= 11 is 6.11. The normalized spacial score (nSPS) is 34.7. The zero-order valence-electron chi connectivity index (χ0n) is 9.63. The van der Waals surface area contributed by atoms with Crippen LogP contribution in [0.5, 0.6) is 0 Å². The summed E-state index contributed by atoms with van der Waals surface area (Å²) < 4.78 is 0. The van der Waals surface area contributed by atoms with Crippen LogP contribution < -0.4 is 0 Å². The Kier molecular flexibility index (Phi) is 4.56. The van der Waals surface area contributed by atoms with Crippen molar-refractivity contribution in [2.45, 2.75) is 63.2 Å². The van der Waals surface area contributed by atoms with E-state index in [9.17, 15) is 0 Å². The summed E-state index contributed by atoms with van der Waals surface area (Å²) in [4.78, 5) is 0. The first-order chi connectivity index (χ1) is 7.34. The Bertz CT molecular complexity index is 195. The van der Waals surface area contributed by atoms with Crippen molar-refractivity contribution >= 4 is 11.6 Å². The molecule has 0 heterocycles. The molecule has 15 heavy (non-hydrogen) atoms. The van der Waals surface area contributed by atoms with Crippen LogP contribution in [0.15, 0.2) is 12.2 Å². The molecule has 0 aliphatic heterocycles. The van der Waals surface area contributed by atoms with E-state index >= 15 is 0 Å². The van der Waals surface area contributed by atoms with Gasteiger partial charge in [0, 0.05) is 5.38 Å². The molecular weight excluding hydrogens is 204 g/mol. The van der Waals surface area contributed by atoms with Crippen LogP contribution >= 0.6 is 11.6 Å². The van der Waals surface area contributed by atoms with E-state index < -0.39 is 0 Å². The number of halogens is 1. The Hall–Kier alpha value is 0.0300. The van der Waals surface area contributed by atoms with Crippen molar-refractivity contribution in [2.75, 3.05) is 0 Å². The summed E-state index contributed by atoms with van der Waals surface area (Å²) in [6, 6.07) is 0. The first-order valence-electron chi connectivity index (χ1n) is 6.67. The van der Waals surface area contributed by atoms with Gasteiger partial charge >= 0.3 is 0 Å². The lowest BCUT2D eigenvalue weighted by Gasteiger charge is -2.23. The summed E-state index contributed by atoms with van der Waals surface area (Å²) in [6.07, 6.45) is 17.3. The van der Waals surface area contributed by atoms with Crippen molar-refractivity contribution in [1.29, 1.82) is 0 Å². The van der Waals surface area contributed by atoms with Gasteiger partial charge in [0.25, 0.3) is 0 Å². The van der Waals surface area contributed by atoms with Crippen molar-refractivity contribution in [3.8, 4) is 0 Å². The molecule has 2 saturated carbocycles. The van der Waals surface area contributed by atoms with Crippen molar-refractivity contribution in [1.82, 2.24) is 0 Å². The Labute approximate surface area is 99.1 Å². The van der Waals surface area contributed by atoms with Gasteiger partial charge in [0.2, 0.25) is 0 Å². The number of hydrogen-bond donors (Lipinski definition) is 0. The zero-order valence-corrected chi connectivity index (χ0v) is 10.4. The molecule has 2 rings (SSSR count). The van der Waals surface area contributed by atoms with E-state index in [4.69, 9.17) is 11.6 Å². The monoisotopic (exact) mass is 226 g/mol. The van der Waals surface area contributed by atoms with Crippen molar-refractivity contribution in [3.63, 3.8) is 0 Å². The molecule has 0 radical (unpaired) electrons. The Morgan fingerprint density at radius 1 is 0.667 bits per heavy atom. The zero-order chi connectivity index (χ0) is 10.5. The van der Waals surface area contributed by atoms with Crippen LogP contribution in [0.25, 0.3) is 0 Å². The van der Waals surface area contributed by atoms with E-state index in [1.54, 1.807) is 0 Å². The molecule has 2 aliphatic rings. The summed E-state index contributed by atoms with van der Waals surface area (Å²) in [5.74, 6) is 1.73. The molecule has 0 spiro atoms. The van der Waals surface area contributed by atoms with E-state index in [2.05, 4.69) is 12.2 Å². The molecular formula is C14H23Cl. The number of hydrogen-bond acceptors (Lipinski definition) is 0. The fourth-order valence-corrected chi connectivity index (χ4v) is 3.16. The van der Waals surface area contributed by atoms with E-state index in [0.717, 1.165) is 11.8 Å². The second-order valence-electron chi connectivity index (χ2n) is 5.30. The summed E-state index contributed by atoms with van der Waals surface area (Å²) in [5, 5.41) is 0.462. The van der Waals surface area contributed by atoms with E-state index in [1.807, 2.05) is 0 Å². The highest BCUT2D eigenvalue weighted by Gasteiger charge is 2.18. The molecule has 2 fully saturated rings. The number of alkyl halides is 1. The van der Waals surface area contributed by atoms with Crippen LogP contribution in [-0.4, -0.2) is 5.38 Å². The maximum atomic E-state index is 6.11. The first-order valence-corrected chi connectivity index (χ1v) is 7.10. The average molecular weight is 227 g/mol. The quantitative estimate of drug-likeness (QED) is 0.463. The van der Waals surface area contributed by atoms with Gasteiger partial charge < -0.3 is 0 Å². The van der Waals surface area contributed by atoms with Crippen LogP contribution in [0.1, 0.15) is 57.8 Å². The summed E-state index contributed by atoms with van der Waals surface area (Å²) in [5.41, 5.74) is 0. The topological polar surface area (TPSA) is 0 Å². The maximum Gasteiger partial charge on any atom is 0.0336 e. The van der Waals surface area contributed by atoms with Gasteiger partial charge in [-0.25, -0.2) is 0 Å². The van der Waals surface area contributed by atoms with Gasteiger partial charge in [0.15, 0.2) is 0 Å². The maximum absolute atomic E-state index is 6.11. The molecule has 0 N–H and O–H groups in total. The fraction of sp³-hybridized carbons (Fsp3) is 0.857. The fourth-order valence-electron chi connectivity index (χ4n) is 2.91. The predicted octanol–water partition coefficient (Wildman–Crippen LogP) is 4.92. The highest BCUT2D eigenvalue weighted by Crippen LogP contribution is 2.30. The first kappa shape index (κ1) is 11.5. The third-order valence-electron chi connectivity index (χ3n) is 4.01. The minimum atomic E-state index is 0.462. The van der Waals surface area contributed by atoms with Gasteiger partial charge in [-0.1, -0.05) is 31.4 Å². The summed E-state index contributed by atoms with van der Waals surface area (Å²) in [7, 11) is 0. The lowest BCUT2D eigenvalue weighted by atomic mass is 9.85. The highest BCUT2D eigenvalue weighted by atomic mass is 35.5. The van der Waals surface area contributed by atoms with Gasteiger partial charge in [0.1, 0.15) is 0 Å². The van der Waals surface area contributed by atoms with Crippen LogP contribution in [0.3, 0.4) is 0 Å². The Morgan fingerprint density at radius 3 is 1.80 bits per heavy atom. The molecule has 0 aromatic heterocycles. The molecule has 0 amide bonds. The van der Waals surface area contributed by atoms with Gasteiger partial charge in [-0.3, -0.25) is 0 Å².